The van der Waals surface area contributed by atoms with Crippen molar-refractivity contribution in [3.63, 3.8) is 0 Å². The minimum absolute atomic E-state index is 0.170. The van der Waals surface area contributed by atoms with Crippen LogP contribution in [0.15, 0.2) is 29.2 Å². The molecule has 0 saturated carbocycles. The largest absolute Gasteiger partial charge is 0.394 e. The Labute approximate surface area is 125 Å². The van der Waals surface area contributed by atoms with Crippen LogP contribution < -0.4 is 5.32 Å². The van der Waals surface area contributed by atoms with Crippen LogP contribution >= 0.6 is 0 Å². The number of hydrogen-bond acceptors (Lipinski definition) is 5. The minimum Gasteiger partial charge on any atom is -0.394 e. The number of sulfonamides is 1. The van der Waals surface area contributed by atoms with Gasteiger partial charge in [0, 0.05) is 25.3 Å². The average Bonchev–Trinajstić information content (AvgIpc) is 2.53. The van der Waals surface area contributed by atoms with Gasteiger partial charge < -0.3 is 15.5 Å². The molecule has 1 heterocycles. The van der Waals surface area contributed by atoms with Gasteiger partial charge in [0.2, 0.25) is 10.0 Å². The van der Waals surface area contributed by atoms with Crippen molar-refractivity contribution in [3.05, 3.63) is 24.3 Å². The normalized spacial score (nSPS) is 18.4. The zero-order valence-corrected chi connectivity index (χ0v) is 12.7. The van der Waals surface area contributed by atoms with Crippen LogP contribution in [0, 0.1) is 0 Å². The molecule has 1 unspecified atom stereocenters. The predicted molar refractivity (Wildman–Crippen MR) is 80.6 cm³/mol. The van der Waals surface area contributed by atoms with Gasteiger partial charge in [0.05, 0.1) is 17.6 Å². The molecule has 118 valence electrons. The van der Waals surface area contributed by atoms with E-state index >= 15 is 0 Å². The summed E-state index contributed by atoms with van der Waals surface area (Å²) >= 11 is 0. The van der Waals surface area contributed by atoms with Gasteiger partial charge in [-0.2, -0.15) is 4.31 Å². The predicted octanol–water partition coefficient (Wildman–Crippen LogP) is 0.626. The van der Waals surface area contributed by atoms with Crippen LogP contribution in [-0.4, -0.2) is 55.3 Å². The lowest BCUT2D eigenvalue weighted by atomic mass is 10.2. The van der Waals surface area contributed by atoms with Crippen LogP contribution in [0.2, 0.25) is 0 Å². The Balaban J connectivity index is 2.12. The maximum absolute atomic E-state index is 12.5. The monoisotopic (exact) mass is 314 g/mol. The highest BCUT2D eigenvalue weighted by Crippen LogP contribution is 2.22. The molecule has 0 aromatic heterocycles. The Morgan fingerprint density at radius 1 is 1.24 bits per heavy atom. The van der Waals surface area contributed by atoms with Crippen molar-refractivity contribution in [1.29, 1.82) is 0 Å². The summed E-state index contributed by atoms with van der Waals surface area (Å²) in [6, 6.07) is 6.55. The summed E-state index contributed by atoms with van der Waals surface area (Å²) in [4.78, 5) is 0.257. The van der Waals surface area contributed by atoms with E-state index in [2.05, 4.69) is 5.32 Å². The lowest BCUT2D eigenvalue weighted by Gasteiger charge is -2.26. The van der Waals surface area contributed by atoms with Gasteiger partial charge in [-0.05, 0) is 31.0 Å². The molecule has 0 bridgehead atoms. The highest BCUT2D eigenvalue weighted by atomic mass is 32.2. The third-order valence-electron chi connectivity index (χ3n) is 3.54. The van der Waals surface area contributed by atoms with Gasteiger partial charge in [-0.3, -0.25) is 0 Å². The van der Waals surface area contributed by atoms with Gasteiger partial charge in [-0.1, -0.05) is 12.5 Å². The van der Waals surface area contributed by atoms with Crippen molar-refractivity contribution in [2.75, 3.05) is 31.6 Å². The van der Waals surface area contributed by atoms with Crippen molar-refractivity contribution in [3.8, 4) is 0 Å². The number of anilines is 1. The van der Waals surface area contributed by atoms with Gasteiger partial charge in [0.1, 0.15) is 0 Å². The van der Waals surface area contributed by atoms with E-state index in [1.54, 1.807) is 24.3 Å². The number of nitrogens with one attached hydrogen (secondary N) is 1. The molecule has 2 rings (SSSR count). The van der Waals surface area contributed by atoms with Crippen LogP contribution in [-0.2, 0) is 10.0 Å². The molecule has 1 atom stereocenters. The maximum Gasteiger partial charge on any atom is 0.243 e. The molecule has 7 heteroatoms. The van der Waals surface area contributed by atoms with Crippen molar-refractivity contribution < 1.29 is 18.6 Å². The average molecular weight is 314 g/mol. The number of rotatable bonds is 6. The Morgan fingerprint density at radius 3 is 2.62 bits per heavy atom. The molecular formula is C14H22N2O4S. The summed E-state index contributed by atoms with van der Waals surface area (Å²) in [7, 11) is -3.45. The van der Waals surface area contributed by atoms with Gasteiger partial charge in [0.15, 0.2) is 0 Å². The molecule has 1 aromatic rings. The minimum atomic E-state index is -3.45. The number of aliphatic hydroxyl groups is 2. The second-order valence-corrected chi connectivity index (χ2v) is 7.15. The van der Waals surface area contributed by atoms with Crippen LogP contribution in [0.4, 0.5) is 5.69 Å². The first-order valence-electron chi connectivity index (χ1n) is 7.17. The Hall–Kier alpha value is -1.15. The third-order valence-corrected chi connectivity index (χ3v) is 5.43. The number of piperidine rings is 1. The lowest BCUT2D eigenvalue weighted by molar-refractivity contribution is 0.105. The standard InChI is InChI=1S/C14H22N2O4S/c17-11-13(18)10-15-12-5-4-6-14(9-12)21(19,20)16-7-2-1-3-8-16/h4-6,9,13,15,17-18H,1-3,7-8,10-11H2. The van der Waals surface area contributed by atoms with Crippen LogP contribution in [0.3, 0.4) is 0 Å². The van der Waals surface area contributed by atoms with Crippen molar-refractivity contribution in [1.82, 2.24) is 4.31 Å². The molecule has 0 aliphatic carbocycles. The molecule has 0 radical (unpaired) electrons. The number of hydrogen-bond donors (Lipinski definition) is 3. The van der Waals surface area contributed by atoms with E-state index in [-0.39, 0.29) is 18.0 Å². The van der Waals surface area contributed by atoms with Gasteiger partial charge >= 0.3 is 0 Å². The van der Waals surface area contributed by atoms with Gasteiger partial charge in [-0.15, -0.1) is 0 Å². The smallest absolute Gasteiger partial charge is 0.243 e. The first kappa shape index (κ1) is 16.2. The zero-order valence-electron chi connectivity index (χ0n) is 11.9. The zero-order chi connectivity index (χ0) is 15.3. The molecule has 21 heavy (non-hydrogen) atoms. The van der Waals surface area contributed by atoms with E-state index in [9.17, 15) is 13.5 Å². The maximum atomic E-state index is 12.5. The Bertz CT molecular complexity index is 556. The molecule has 3 N–H and O–H groups in total. The van der Waals surface area contributed by atoms with Crippen LogP contribution in [0.5, 0.6) is 0 Å². The summed E-state index contributed by atoms with van der Waals surface area (Å²) in [5, 5.41) is 21.0. The summed E-state index contributed by atoms with van der Waals surface area (Å²) in [5.41, 5.74) is 0.612. The van der Waals surface area contributed by atoms with Crippen molar-refractivity contribution in [2.45, 2.75) is 30.3 Å². The first-order valence-corrected chi connectivity index (χ1v) is 8.61. The summed E-state index contributed by atoms with van der Waals surface area (Å²) in [5.74, 6) is 0. The van der Waals surface area contributed by atoms with Crippen molar-refractivity contribution >= 4 is 15.7 Å². The lowest BCUT2D eigenvalue weighted by Crippen LogP contribution is -2.35. The van der Waals surface area contributed by atoms with E-state index in [0.717, 1.165) is 19.3 Å². The fourth-order valence-electron chi connectivity index (χ4n) is 2.32. The summed E-state index contributed by atoms with van der Waals surface area (Å²) in [6.07, 6.45) is 2.01. The van der Waals surface area contributed by atoms with E-state index in [0.29, 0.717) is 18.8 Å². The molecule has 1 aliphatic heterocycles. The van der Waals surface area contributed by atoms with Gasteiger partial charge in [-0.25, -0.2) is 8.42 Å². The van der Waals surface area contributed by atoms with E-state index in [1.807, 2.05) is 0 Å². The molecule has 6 nitrogen and oxygen atoms in total. The molecular weight excluding hydrogens is 292 g/mol. The number of nitrogens with zero attached hydrogens (tertiary/aromatic N) is 1. The highest BCUT2D eigenvalue weighted by Gasteiger charge is 2.25. The summed E-state index contributed by atoms with van der Waals surface area (Å²) < 4.78 is 26.6. The molecule has 0 amide bonds. The van der Waals surface area contributed by atoms with Crippen LogP contribution in [0.25, 0.3) is 0 Å². The van der Waals surface area contributed by atoms with E-state index in [4.69, 9.17) is 5.11 Å². The molecule has 1 fully saturated rings. The number of benzene rings is 1. The Morgan fingerprint density at radius 2 is 1.95 bits per heavy atom. The second-order valence-electron chi connectivity index (χ2n) is 5.21. The summed E-state index contributed by atoms with van der Waals surface area (Å²) in [6.45, 7) is 0.981. The third kappa shape index (κ3) is 4.16. The fraction of sp³-hybridized carbons (Fsp3) is 0.571. The molecule has 1 saturated heterocycles. The quantitative estimate of drug-likeness (QED) is 0.716. The SMILES string of the molecule is O=S(=O)(c1cccc(NCC(O)CO)c1)N1CCCCC1. The molecule has 0 spiro atoms. The van der Waals surface area contributed by atoms with Crippen molar-refractivity contribution in [2.24, 2.45) is 0 Å². The fourth-order valence-corrected chi connectivity index (χ4v) is 3.88. The van der Waals surface area contributed by atoms with Crippen LogP contribution in [0.1, 0.15) is 19.3 Å². The number of aliphatic hydroxyl groups excluding tert-OH is 2. The molecule has 1 aliphatic rings. The first-order chi connectivity index (χ1) is 10.0. The van der Waals surface area contributed by atoms with E-state index < -0.39 is 16.1 Å². The second kappa shape index (κ2) is 7.22. The highest BCUT2D eigenvalue weighted by molar-refractivity contribution is 7.89. The topological polar surface area (TPSA) is 89.9 Å². The van der Waals surface area contributed by atoms with E-state index in [1.165, 1.54) is 4.31 Å². The van der Waals surface area contributed by atoms with Gasteiger partial charge in [0.25, 0.3) is 0 Å². The molecule has 1 aromatic carbocycles. The Kier molecular flexibility index (Phi) is 5.58.